The van der Waals surface area contributed by atoms with E-state index in [2.05, 4.69) is 10.6 Å². The molecule has 0 bridgehead atoms. The predicted octanol–water partition coefficient (Wildman–Crippen LogP) is 3.35. The number of ether oxygens (including phenoxy) is 1. The summed E-state index contributed by atoms with van der Waals surface area (Å²) in [5, 5.41) is 17.9. The lowest BCUT2D eigenvalue weighted by Gasteiger charge is -2.14. The molecule has 1 unspecified atom stereocenters. The van der Waals surface area contributed by atoms with E-state index in [1.807, 2.05) is 11.4 Å². The molecule has 2 aromatic rings. The summed E-state index contributed by atoms with van der Waals surface area (Å²) in [6.45, 7) is 1.78. The number of nitrogens with one attached hydrogen (secondary N) is 2. The summed E-state index contributed by atoms with van der Waals surface area (Å²) in [6.07, 6.45) is -0.527. The average molecular weight is 420 g/mol. The Bertz CT molecular complexity index is 893. The first kappa shape index (κ1) is 21.4. The minimum absolute atomic E-state index is 0.0736. The highest BCUT2D eigenvalue weighted by molar-refractivity contribution is 7.08. The number of carbonyl (C=O) groups is 3. The fourth-order valence-electron chi connectivity index (χ4n) is 2.17. The molecule has 0 aliphatic carbocycles. The van der Waals surface area contributed by atoms with Crippen LogP contribution in [0.4, 0.5) is 5.69 Å². The number of esters is 1. The van der Waals surface area contributed by atoms with Crippen molar-refractivity contribution >= 4 is 46.4 Å². The van der Waals surface area contributed by atoms with Crippen LogP contribution in [0.1, 0.15) is 35.7 Å². The summed E-state index contributed by atoms with van der Waals surface area (Å²) < 4.78 is 5.09. The Morgan fingerprint density at radius 1 is 1.32 bits per heavy atom. The summed E-state index contributed by atoms with van der Waals surface area (Å²) in [5.41, 5.74) is 1.28. The van der Waals surface area contributed by atoms with Crippen LogP contribution in [0.5, 0.6) is 0 Å². The highest BCUT2D eigenvalue weighted by atomic mass is 35.5. The molecule has 1 aromatic heterocycles. The number of nitrogens with zero attached hydrogens (tertiary/aromatic N) is 1. The van der Waals surface area contributed by atoms with Crippen LogP contribution >= 0.6 is 22.9 Å². The molecule has 0 aliphatic heterocycles. The van der Waals surface area contributed by atoms with Gasteiger partial charge < -0.3 is 15.4 Å². The van der Waals surface area contributed by atoms with Gasteiger partial charge in [-0.3, -0.25) is 14.4 Å². The summed E-state index contributed by atoms with van der Waals surface area (Å²) in [7, 11) is 0. The first-order valence-corrected chi connectivity index (χ1v) is 9.73. The smallest absolute Gasteiger partial charge is 0.306 e. The summed E-state index contributed by atoms with van der Waals surface area (Å²) in [6, 6.07) is 8.11. The fraction of sp³-hybridized carbons (Fsp3) is 0.263. The number of thiophene rings is 1. The maximum absolute atomic E-state index is 12.1. The van der Waals surface area contributed by atoms with E-state index in [-0.39, 0.29) is 17.4 Å². The van der Waals surface area contributed by atoms with Crippen LogP contribution < -0.4 is 10.6 Å². The van der Waals surface area contributed by atoms with E-state index in [9.17, 15) is 14.4 Å². The molecule has 2 amide bonds. The summed E-state index contributed by atoms with van der Waals surface area (Å²) >= 11 is 7.34. The summed E-state index contributed by atoms with van der Waals surface area (Å²) in [5.74, 6) is -1.24. The number of amides is 2. The molecular formula is C19H18ClN3O4S. The predicted molar refractivity (Wildman–Crippen MR) is 106 cm³/mol. The van der Waals surface area contributed by atoms with Crippen molar-refractivity contribution in [2.45, 2.75) is 25.9 Å². The van der Waals surface area contributed by atoms with Gasteiger partial charge in [0.15, 0.2) is 6.10 Å². The molecule has 1 aromatic carbocycles. The monoisotopic (exact) mass is 419 g/mol. The van der Waals surface area contributed by atoms with Crippen LogP contribution in [-0.2, 0) is 14.3 Å². The molecule has 28 heavy (non-hydrogen) atoms. The molecule has 0 saturated carbocycles. The fourth-order valence-corrected chi connectivity index (χ4v) is 3.03. The lowest BCUT2D eigenvalue weighted by Crippen LogP contribution is -2.30. The molecule has 146 valence electrons. The third-order valence-electron chi connectivity index (χ3n) is 3.66. The number of rotatable bonds is 8. The zero-order valence-electron chi connectivity index (χ0n) is 15.0. The molecule has 0 spiro atoms. The van der Waals surface area contributed by atoms with Gasteiger partial charge in [-0.2, -0.15) is 16.6 Å². The molecule has 7 nitrogen and oxygen atoms in total. The van der Waals surface area contributed by atoms with Crippen molar-refractivity contribution in [3.63, 3.8) is 0 Å². The van der Waals surface area contributed by atoms with E-state index < -0.39 is 18.0 Å². The number of nitriles is 1. The van der Waals surface area contributed by atoms with Gasteiger partial charge in [0, 0.05) is 29.6 Å². The van der Waals surface area contributed by atoms with Gasteiger partial charge in [0.1, 0.15) is 6.07 Å². The Balaban J connectivity index is 1.71. The lowest BCUT2D eigenvalue weighted by molar-refractivity contribution is -0.153. The number of hydrogen-bond donors (Lipinski definition) is 2. The normalized spacial score (nSPS) is 11.2. The molecule has 1 atom stereocenters. The van der Waals surface area contributed by atoms with Crippen LogP contribution in [0, 0.1) is 11.3 Å². The van der Waals surface area contributed by atoms with Gasteiger partial charge in [-0.15, -0.1) is 0 Å². The zero-order valence-corrected chi connectivity index (χ0v) is 16.6. The van der Waals surface area contributed by atoms with Crippen molar-refractivity contribution in [3.8, 4) is 6.07 Å². The van der Waals surface area contributed by atoms with Crippen LogP contribution in [-0.4, -0.2) is 30.4 Å². The average Bonchev–Trinajstić information content (AvgIpc) is 3.20. The third-order valence-corrected chi connectivity index (χ3v) is 4.66. The Labute approximate surface area is 171 Å². The molecule has 0 radical (unpaired) electrons. The molecule has 0 saturated heterocycles. The second kappa shape index (κ2) is 10.4. The van der Waals surface area contributed by atoms with Crippen molar-refractivity contribution in [1.82, 2.24) is 5.32 Å². The van der Waals surface area contributed by atoms with Crippen molar-refractivity contribution < 1.29 is 19.1 Å². The van der Waals surface area contributed by atoms with Gasteiger partial charge in [0.05, 0.1) is 10.6 Å². The molecule has 0 aliphatic rings. The zero-order chi connectivity index (χ0) is 20.5. The van der Waals surface area contributed by atoms with Crippen molar-refractivity contribution in [1.29, 1.82) is 5.26 Å². The molecule has 0 fully saturated rings. The van der Waals surface area contributed by atoms with Gasteiger partial charge in [0.2, 0.25) is 0 Å². The van der Waals surface area contributed by atoms with Crippen LogP contribution in [0.2, 0.25) is 5.02 Å². The van der Waals surface area contributed by atoms with Gasteiger partial charge in [-0.25, -0.2) is 0 Å². The number of benzene rings is 1. The third kappa shape index (κ3) is 6.37. The van der Waals surface area contributed by atoms with Crippen molar-refractivity contribution in [2.75, 3.05) is 11.9 Å². The van der Waals surface area contributed by atoms with Gasteiger partial charge in [0.25, 0.3) is 11.8 Å². The van der Waals surface area contributed by atoms with Crippen molar-refractivity contribution in [3.05, 3.63) is 51.2 Å². The van der Waals surface area contributed by atoms with E-state index in [1.165, 1.54) is 36.5 Å². The van der Waals surface area contributed by atoms with E-state index >= 15 is 0 Å². The number of halogens is 1. The number of carbonyl (C=O) groups excluding carboxylic acids is 3. The maximum Gasteiger partial charge on any atom is 0.306 e. The maximum atomic E-state index is 12.1. The Morgan fingerprint density at radius 3 is 2.75 bits per heavy atom. The van der Waals surface area contributed by atoms with E-state index in [0.717, 1.165) is 0 Å². The van der Waals surface area contributed by atoms with Crippen LogP contribution in [0.3, 0.4) is 0 Å². The molecular weight excluding hydrogens is 402 g/mol. The summed E-state index contributed by atoms with van der Waals surface area (Å²) in [4.78, 5) is 35.7. The van der Waals surface area contributed by atoms with Crippen LogP contribution in [0.15, 0.2) is 35.0 Å². The first-order chi connectivity index (χ1) is 13.4. The largest absolute Gasteiger partial charge is 0.453 e. The van der Waals surface area contributed by atoms with Gasteiger partial charge in [-0.05, 0) is 43.0 Å². The van der Waals surface area contributed by atoms with Crippen molar-refractivity contribution in [2.24, 2.45) is 0 Å². The topological polar surface area (TPSA) is 108 Å². The molecule has 1 heterocycles. The molecule has 2 N–H and O–H groups in total. The first-order valence-electron chi connectivity index (χ1n) is 8.41. The van der Waals surface area contributed by atoms with Gasteiger partial charge >= 0.3 is 5.97 Å². The molecule has 9 heteroatoms. The number of hydrogen-bond acceptors (Lipinski definition) is 6. The number of anilines is 1. The van der Waals surface area contributed by atoms with E-state index in [1.54, 1.807) is 11.4 Å². The minimum atomic E-state index is -0.998. The SMILES string of the molecule is CC(OC(=O)CCCNC(=O)c1ccsc1)C(=O)Nc1ccc(C#N)c(Cl)c1. The minimum Gasteiger partial charge on any atom is -0.453 e. The lowest BCUT2D eigenvalue weighted by atomic mass is 10.2. The highest BCUT2D eigenvalue weighted by Gasteiger charge is 2.18. The second-order valence-electron chi connectivity index (χ2n) is 5.80. The van der Waals surface area contributed by atoms with Gasteiger partial charge in [-0.1, -0.05) is 11.6 Å². The Hall–Kier alpha value is -2.89. The van der Waals surface area contributed by atoms with Crippen LogP contribution in [0.25, 0.3) is 0 Å². The second-order valence-corrected chi connectivity index (χ2v) is 6.99. The Kier molecular flexibility index (Phi) is 7.99. The quantitative estimate of drug-likeness (QED) is 0.503. The van der Waals surface area contributed by atoms with E-state index in [0.29, 0.717) is 29.8 Å². The Morgan fingerprint density at radius 2 is 2.11 bits per heavy atom. The standard InChI is InChI=1S/C19H18ClN3O4S/c1-12(18(25)23-15-5-4-13(10-21)16(20)9-15)27-17(24)3-2-7-22-19(26)14-6-8-28-11-14/h4-6,8-9,11-12H,2-3,7H2,1H3,(H,22,26)(H,23,25). The van der Waals surface area contributed by atoms with E-state index in [4.69, 9.17) is 21.6 Å². The molecule has 2 rings (SSSR count). The highest BCUT2D eigenvalue weighted by Crippen LogP contribution is 2.20.